The van der Waals surface area contributed by atoms with Crippen molar-refractivity contribution in [1.82, 2.24) is 4.90 Å². The van der Waals surface area contributed by atoms with Crippen LogP contribution in [0.4, 0.5) is 0 Å². The highest BCUT2D eigenvalue weighted by Crippen LogP contribution is 2.38. The molecule has 10 heteroatoms. The SMILES string of the molecule is N#CC1=C(c2ccccc2)/C(=C\c2ccc(-c3cccc(Cl)c3Cl)o2)C(=O)N(C2CCS(=O)(=O)C2)C1=O. The summed E-state index contributed by atoms with van der Waals surface area (Å²) in [6.07, 6.45) is 1.57. The van der Waals surface area contributed by atoms with Crippen molar-refractivity contribution in [3.05, 3.63) is 93.2 Å². The Morgan fingerprint density at radius 3 is 2.43 bits per heavy atom. The van der Waals surface area contributed by atoms with Crippen LogP contribution in [0.15, 0.2) is 76.2 Å². The summed E-state index contributed by atoms with van der Waals surface area (Å²) in [7, 11) is -3.40. The summed E-state index contributed by atoms with van der Waals surface area (Å²) < 4.78 is 30.2. The van der Waals surface area contributed by atoms with E-state index in [4.69, 9.17) is 27.6 Å². The van der Waals surface area contributed by atoms with Crippen LogP contribution in [0.25, 0.3) is 23.0 Å². The first-order chi connectivity index (χ1) is 17.7. The third-order valence-corrected chi connectivity index (χ3v) is 8.85. The zero-order valence-corrected chi connectivity index (χ0v) is 21.5. The van der Waals surface area contributed by atoms with Gasteiger partial charge in [-0.15, -0.1) is 0 Å². The first-order valence-corrected chi connectivity index (χ1v) is 13.8. The summed E-state index contributed by atoms with van der Waals surface area (Å²) in [6.45, 7) is 0. The van der Waals surface area contributed by atoms with Crippen molar-refractivity contribution in [1.29, 1.82) is 5.26 Å². The molecule has 1 fully saturated rings. The molecule has 1 aromatic heterocycles. The number of imide groups is 1. The van der Waals surface area contributed by atoms with Gasteiger partial charge in [-0.25, -0.2) is 8.42 Å². The Hall–Kier alpha value is -3.64. The van der Waals surface area contributed by atoms with E-state index >= 15 is 0 Å². The van der Waals surface area contributed by atoms with Crippen LogP contribution in [0.2, 0.25) is 10.0 Å². The lowest BCUT2D eigenvalue weighted by atomic mass is 9.87. The molecule has 1 saturated heterocycles. The van der Waals surface area contributed by atoms with Gasteiger partial charge >= 0.3 is 0 Å². The Morgan fingerprint density at radius 2 is 1.76 bits per heavy atom. The van der Waals surface area contributed by atoms with Crippen molar-refractivity contribution in [3.8, 4) is 17.4 Å². The number of amides is 2. The van der Waals surface area contributed by atoms with Gasteiger partial charge in [0, 0.05) is 11.1 Å². The largest absolute Gasteiger partial charge is 0.457 e. The molecule has 2 aromatic carbocycles. The number of carbonyl (C=O) groups is 2. The van der Waals surface area contributed by atoms with Gasteiger partial charge in [-0.1, -0.05) is 59.6 Å². The second-order valence-electron chi connectivity index (χ2n) is 8.63. The van der Waals surface area contributed by atoms with E-state index in [0.717, 1.165) is 4.90 Å². The monoisotopic (exact) mass is 552 g/mol. The Morgan fingerprint density at radius 1 is 1.00 bits per heavy atom. The van der Waals surface area contributed by atoms with Gasteiger partial charge in [-0.2, -0.15) is 5.26 Å². The third kappa shape index (κ3) is 4.62. The molecule has 186 valence electrons. The molecule has 1 atom stereocenters. The number of hydrogen-bond donors (Lipinski definition) is 0. The molecule has 37 heavy (non-hydrogen) atoms. The number of rotatable bonds is 4. The Balaban J connectivity index is 1.66. The van der Waals surface area contributed by atoms with Crippen LogP contribution in [0.1, 0.15) is 17.7 Å². The lowest BCUT2D eigenvalue weighted by Crippen LogP contribution is -2.49. The highest BCUT2D eigenvalue weighted by atomic mass is 35.5. The number of hydrogen-bond acceptors (Lipinski definition) is 6. The van der Waals surface area contributed by atoms with Gasteiger partial charge in [0.25, 0.3) is 11.8 Å². The van der Waals surface area contributed by atoms with Crippen molar-refractivity contribution in [3.63, 3.8) is 0 Å². The van der Waals surface area contributed by atoms with Crippen LogP contribution in [-0.4, -0.2) is 42.7 Å². The van der Waals surface area contributed by atoms with Crippen molar-refractivity contribution in [2.24, 2.45) is 0 Å². The minimum absolute atomic E-state index is 0.0461. The van der Waals surface area contributed by atoms with Gasteiger partial charge in [-0.05, 0) is 42.3 Å². The lowest BCUT2D eigenvalue weighted by Gasteiger charge is -2.32. The number of benzene rings is 2. The Bertz CT molecular complexity index is 1650. The summed E-state index contributed by atoms with van der Waals surface area (Å²) in [5.74, 6) is -1.29. The topological polar surface area (TPSA) is 108 Å². The summed E-state index contributed by atoms with van der Waals surface area (Å²) in [4.78, 5) is 28.0. The summed E-state index contributed by atoms with van der Waals surface area (Å²) in [5.41, 5.74) is 1.01. The smallest absolute Gasteiger partial charge is 0.272 e. The number of nitrogens with zero attached hydrogens (tertiary/aromatic N) is 2. The van der Waals surface area contributed by atoms with E-state index in [9.17, 15) is 23.3 Å². The molecule has 2 aliphatic heterocycles. The number of sulfone groups is 1. The molecule has 1 unspecified atom stereocenters. The van der Waals surface area contributed by atoms with Crippen LogP contribution in [0, 0.1) is 11.3 Å². The second kappa shape index (κ2) is 9.67. The first-order valence-electron chi connectivity index (χ1n) is 11.2. The molecular formula is C27H18Cl2N2O5S. The molecule has 0 N–H and O–H groups in total. The summed E-state index contributed by atoms with van der Waals surface area (Å²) in [6, 6.07) is 18.1. The van der Waals surface area contributed by atoms with Crippen molar-refractivity contribution >= 4 is 56.5 Å². The van der Waals surface area contributed by atoms with E-state index in [1.165, 1.54) is 6.08 Å². The van der Waals surface area contributed by atoms with Crippen LogP contribution < -0.4 is 0 Å². The van der Waals surface area contributed by atoms with E-state index in [-0.39, 0.29) is 40.4 Å². The van der Waals surface area contributed by atoms with Crippen LogP contribution in [-0.2, 0) is 19.4 Å². The third-order valence-electron chi connectivity index (χ3n) is 6.28. The van der Waals surface area contributed by atoms with E-state index in [1.807, 2.05) is 6.07 Å². The molecule has 2 amide bonds. The fourth-order valence-corrected chi connectivity index (χ4v) is 6.65. The Labute approximate surface area is 223 Å². The molecule has 0 spiro atoms. The number of furan rings is 1. The molecule has 0 bridgehead atoms. The van der Waals surface area contributed by atoms with E-state index in [0.29, 0.717) is 26.9 Å². The second-order valence-corrected chi connectivity index (χ2v) is 11.6. The minimum atomic E-state index is -3.40. The molecule has 0 aliphatic carbocycles. The highest BCUT2D eigenvalue weighted by molar-refractivity contribution is 7.91. The van der Waals surface area contributed by atoms with Gasteiger partial charge < -0.3 is 4.42 Å². The van der Waals surface area contributed by atoms with Gasteiger partial charge in [0.2, 0.25) is 0 Å². The standard InChI is InChI=1S/C27H18Cl2N2O5S/c28-22-8-4-7-19(25(22)29)23-10-9-18(36-23)13-20-24(16-5-2-1-3-6-16)21(14-30)27(33)31(26(20)32)17-11-12-37(34,35)15-17/h1-10,13,17H,11-12,15H2/b20-13+. The van der Waals surface area contributed by atoms with Gasteiger partial charge in [0.15, 0.2) is 9.84 Å². The van der Waals surface area contributed by atoms with Gasteiger partial charge in [0.1, 0.15) is 23.2 Å². The zero-order valence-electron chi connectivity index (χ0n) is 19.1. The van der Waals surface area contributed by atoms with Gasteiger partial charge in [0.05, 0.1) is 33.2 Å². The molecule has 3 aromatic rings. The minimum Gasteiger partial charge on any atom is -0.457 e. The molecule has 7 nitrogen and oxygen atoms in total. The van der Waals surface area contributed by atoms with Gasteiger partial charge in [-0.3, -0.25) is 14.5 Å². The van der Waals surface area contributed by atoms with E-state index < -0.39 is 27.7 Å². The highest BCUT2D eigenvalue weighted by Gasteiger charge is 2.45. The zero-order chi connectivity index (χ0) is 26.3. The van der Waals surface area contributed by atoms with Crippen molar-refractivity contribution < 1.29 is 22.4 Å². The molecule has 5 rings (SSSR count). The van der Waals surface area contributed by atoms with Crippen molar-refractivity contribution in [2.75, 3.05) is 11.5 Å². The predicted octanol–water partition coefficient (Wildman–Crippen LogP) is 5.17. The van der Waals surface area contributed by atoms with Crippen LogP contribution in [0.3, 0.4) is 0 Å². The number of nitriles is 1. The first kappa shape index (κ1) is 25.0. The summed E-state index contributed by atoms with van der Waals surface area (Å²) in [5, 5.41) is 10.6. The van der Waals surface area contributed by atoms with Crippen LogP contribution in [0.5, 0.6) is 0 Å². The maximum absolute atomic E-state index is 13.8. The molecule has 0 saturated carbocycles. The lowest BCUT2D eigenvalue weighted by molar-refractivity contribution is -0.142. The fraction of sp³-hybridized carbons (Fsp3) is 0.148. The molecule has 2 aliphatic rings. The summed E-state index contributed by atoms with van der Waals surface area (Å²) >= 11 is 12.5. The van der Waals surface area contributed by atoms with Crippen LogP contribution >= 0.6 is 23.2 Å². The Kier molecular flexibility index (Phi) is 6.54. The quantitative estimate of drug-likeness (QED) is 0.326. The van der Waals surface area contributed by atoms with Crippen molar-refractivity contribution in [2.45, 2.75) is 12.5 Å². The fourth-order valence-electron chi connectivity index (χ4n) is 4.56. The van der Waals surface area contributed by atoms with E-state index in [2.05, 4.69) is 0 Å². The predicted molar refractivity (Wildman–Crippen MR) is 140 cm³/mol. The number of halogens is 2. The maximum Gasteiger partial charge on any atom is 0.272 e. The number of carbonyl (C=O) groups excluding carboxylic acids is 2. The van der Waals surface area contributed by atoms with E-state index in [1.54, 1.807) is 60.7 Å². The normalized spacial score (nSPS) is 20.5. The average Bonchev–Trinajstić information content (AvgIpc) is 3.48. The molecule has 0 radical (unpaired) electrons. The maximum atomic E-state index is 13.8. The molecule has 3 heterocycles. The average molecular weight is 553 g/mol. The molecular weight excluding hydrogens is 535 g/mol.